The maximum atomic E-state index is 11.4. The van der Waals surface area contributed by atoms with Gasteiger partial charge >= 0.3 is 5.97 Å². The lowest BCUT2D eigenvalue weighted by atomic mass is 10.0. The van der Waals surface area contributed by atoms with Gasteiger partial charge in [-0.15, -0.1) is 0 Å². The second-order valence-corrected chi connectivity index (χ2v) is 8.57. The van der Waals surface area contributed by atoms with E-state index in [-0.39, 0.29) is 11.3 Å². The molecule has 0 unspecified atom stereocenters. The molecule has 0 saturated heterocycles. The molecule has 0 aliphatic rings. The highest BCUT2D eigenvalue weighted by molar-refractivity contribution is 6.03. The molecule has 4 heteroatoms. The van der Waals surface area contributed by atoms with Gasteiger partial charge in [-0.05, 0) is 12.5 Å². The Hall–Kier alpha value is -2.23. The molecule has 0 aliphatic carbocycles. The number of phenols is 1. The van der Waals surface area contributed by atoms with Gasteiger partial charge in [0, 0.05) is 10.8 Å². The SMILES string of the molecule is CCCCCCCCCCCCCCCCOc1cc(C(=O)O)c(O)c2ccccc12. The standard InChI is InChI=1S/C27H40O4/c1-2-3-4-5-6-7-8-9-10-11-12-13-14-17-20-31-25-21-24(27(29)30)26(28)23-19-16-15-18-22(23)25/h15-16,18-19,21,28H,2-14,17,20H2,1H3,(H,29,30). The minimum Gasteiger partial charge on any atom is -0.506 e. The quantitative estimate of drug-likeness (QED) is 0.250. The summed E-state index contributed by atoms with van der Waals surface area (Å²) in [5.41, 5.74) is -0.116. The predicted octanol–water partition coefficient (Wildman–Crippen LogP) is 8.10. The third-order valence-electron chi connectivity index (χ3n) is 5.96. The first-order chi connectivity index (χ1) is 15.1. The number of unbranched alkanes of at least 4 members (excludes halogenated alkanes) is 13. The number of hydrogen-bond donors (Lipinski definition) is 2. The number of hydrogen-bond acceptors (Lipinski definition) is 3. The monoisotopic (exact) mass is 428 g/mol. The van der Waals surface area contributed by atoms with Crippen molar-refractivity contribution in [1.29, 1.82) is 0 Å². The normalized spacial score (nSPS) is 11.1. The van der Waals surface area contributed by atoms with Crippen LogP contribution in [0.3, 0.4) is 0 Å². The molecule has 0 aromatic heterocycles. The van der Waals surface area contributed by atoms with Crippen LogP contribution >= 0.6 is 0 Å². The van der Waals surface area contributed by atoms with Gasteiger partial charge in [0.25, 0.3) is 0 Å². The molecule has 2 aromatic carbocycles. The number of carboxylic acid groups (broad SMARTS) is 1. The molecule has 0 fully saturated rings. The molecule has 0 amide bonds. The van der Waals surface area contributed by atoms with E-state index in [0.29, 0.717) is 17.7 Å². The molecular weight excluding hydrogens is 388 g/mol. The molecule has 0 heterocycles. The molecular formula is C27H40O4. The lowest BCUT2D eigenvalue weighted by Gasteiger charge is -2.12. The Kier molecular flexibility index (Phi) is 11.9. The Labute approximate surface area is 187 Å². The molecule has 172 valence electrons. The Morgan fingerprint density at radius 1 is 0.774 bits per heavy atom. The van der Waals surface area contributed by atoms with E-state index in [4.69, 9.17) is 4.74 Å². The van der Waals surface area contributed by atoms with Crippen LogP contribution in [0.2, 0.25) is 0 Å². The lowest BCUT2D eigenvalue weighted by Crippen LogP contribution is -2.02. The van der Waals surface area contributed by atoms with Crippen LogP contribution in [0.4, 0.5) is 0 Å². The van der Waals surface area contributed by atoms with Crippen molar-refractivity contribution < 1.29 is 19.7 Å². The van der Waals surface area contributed by atoms with Crippen LogP contribution in [0.25, 0.3) is 10.8 Å². The van der Waals surface area contributed by atoms with Gasteiger partial charge in [-0.1, -0.05) is 115 Å². The molecule has 4 nitrogen and oxygen atoms in total. The first-order valence-electron chi connectivity index (χ1n) is 12.3. The Bertz CT molecular complexity index is 784. The van der Waals surface area contributed by atoms with Gasteiger partial charge in [-0.2, -0.15) is 0 Å². The average Bonchev–Trinajstić information content (AvgIpc) is 2.77. The maximum Gasteiger partial charge on any atom is 0.339 e. The molecule has 2 aromatic rings. The van der Waals surface area contributed by atoms with Crippen LogP contribution in [0.5, 0.6) is 11.5 Å². The molecule has 2 N–H and O–H groups in total. The van der Waals surface area contributed by atoms with Crippen LogP contribution < -0.4 is 4.74 Å². The first-order valence-corrected chi connectivity index (χ1v) is 12.3. The summed E-state index contributed by atoms with van der Waals surface area (Å²) in [6.07, 6.45) is 18.3. The fraction of sp³-hybridized carbons (Fsp3) is 0.593. The van der Waals surface area contributed by atoms with Gasteiger partial charge in [0.2, 0.25) is 0 Å². The fourth-order valence-corrected chi connectivity index (χ4v) is 4.09. The largest absolute Gasteiger partial charge is 0.506 e. The summed E-state index contributed by atoms with van der Waals surface area (Å²) in [6, 6.07) is 8.65. The summed E-state index contributed by atoms with van der Waals surface area (Å²) in [5, 5.41) is 20.8. The number of aromatic carboxylic acids is 1. The number of aromatic hydroxyl groups is 1. The number of carboxylic acids is 1. The molecule has 0 atom stereocenters. The third-order valence-corrected chi connectivity index (χ3v) is 5.96. The summed E-state index contributed by atoms with van der Waals surface area (Å²) < 4.78 is 5.90. The fourth-order valence-electron chi connectivity index (χ4n) is 4.09. The van der Waals surface area contributed by atoms with Gasteiger partial charge in [0.05, 0.1) is 6.61 Å². The van der Waals surface area contributed by atoms with Crippen molar-refractivity contribution >= 4 is 16.7 Å². The van der Waals surface area contributed by atoms with Crippen molar-refractivity contribution in [3.8, 4) is 11.5 Å². The third kappa shape index (κ3) is 8.80. The van der Waals surface area contributed by atoms with Gasteiger partial charge in [0.15, 0.2) is 0 Å². The van der Waals surface area contributed by atoms with Gasteiger partial charge in [-0.25, -0.2) is 4.79 Å². The molecule has 31 heavy (non-hydrogen) atoms. The van der Waals surface area contributed by atoms with E-state index in [1.54, 1.807) is 12.1 Å². The number of benzene rings is 2. The van der Waals surface area contributed by atoms with Crippen molar-refractivity contribution in [3.05, 3.63) is 35.9 Å². The van der Waals surface area contributed by atoms with Crippen molar-refractivity contribution in [2.75, 3.05) is 6.61 Å². The van der Waals surface area contributed by atoms with Crippen LogP contribution in [0.15, 0.2) is 30.3 Å². The van der Waals surface area contributed by atoms with E-state index in [1.807, 2.05) is 12.1 Å². The van der Waals surface area contributed by atoms with E-state index in [0.717, 1.165) is 18.2 Å². The van der Waals surface area contributed by atoms with Gasteiger partial charge in [-0.3, -0.25) is 0 Å². The molecule has 0 radical (unpaired) electrons. The lowest BCUT2D eigenvalue weighted by molar-refractivity contribution is 0.0693. The molecule has 0 spiro atoms. The van der Waals surface area contributed by atoms with Gasteiger partial charge in [0.1, 0.15) is 17.1 Å². The molecule has 0 aliphatic heterocycles. The molecule has 0 bridgehead atoms. The minimum atomic E-state index is -1.15. The summed E-state index contributed by atoms with van der Waals surface area (Å²) in [6.45, 7) is 2.83. The van der Waals surface area contributed by atoms with Crippen molar-refractivity contribution in [3.63, 3.8) is 0 Å². The number of ether oxygens (including phenoxy) is 1. The Morgan fingerprint density at radius 2 is 1.26 bits per heavy atom. The highest BCUT2D eigenvalue weighted by Gasteiger charge is 2.16. The number of rotatable bonds is 17. The zero-order valence-electron chi connectivity index (χ0n) is 19.2. The van der Waals surface area contributed by atoms with Crippen molar-refractivity contribution in [2.24, 2.45) is 0 Å². The second kappa shape index (κ2) is 14.7. The van der Waals surface area contributed by atoms with Crippen LogP contribution in [0.1, 0.15) is 107 Å². The Morgan fingerprint density at radius 3 is 1.77 bits per heavy atom. The van der Waals surface area contributed by atoms with Gasteiger partial charge < -0.3 is 14.9 Å². The molecule has 0 saturated carbocycles. The van der Waals surface area contributed by atoms with E-state index in [9.17, 15) is 15.0 Å². The maximum absolute atomic E-state index is 11.4. The van der Waals surface area contributed by atoms with E-state index < -0.39 is 5.97 Å². The summed E-state index contributed by atoms with van der Waals surface area (Å²) in [5.74, 6) is -0.822. The average molecular weight is 429 g/mol. The summed E-state index contributed by atoms with van der Waals surface area (Å²) in [4.78, 5) is 11.4. The van der Waals surface area contributed by atoms with Crippen LogP contribution in [-0.2, 0) is 0 Å². The van der Waals surface area contributed by atoms with Crippen LogP contribution in [0, 0.1) is 0 Å². The topological polar surface area (TPSA) is 66.8 Å². The number of carbonyl (C=O) groups is 1. The van der Waals surface area contributed by atoms with Crippen molar-refractivity contribution in [2.45, 2.75) is 96.8 Å². The second-order valence-electron chi connectivity index (χ2n) is 8.57. The smallest absolute Gasteiger partial charge is 0.339 e. The Balaban J connectivity index is 1.58. The highest BCUT2D eigenvalue weighted by Crippen LogP contribution is 2.36. The van der Waals surface area contributed by atoms with E-state index in [2.05, 4.69) is 6.92 Å². The first kappa shape index (κ1) is 25.0. The van der Waals surface area contributed by atoms with E-state index >= 15 is 0 Å². The van der Waals surface area contributed by atoms with Crippen LogP contribution in [-0.4, -0.2) is 22.8 Å². The number of fused-ring (bicyclic) bond motifs is 1. The van der Waals surface area contributed by atoms with E-state index in [1.165, 1.54) is 83.1 Å². The zero-order valence-corrected chi connectivity index (χ0v) is 19.2. The summed E-state index contributed by atoms with van der Waals surface area (Å²) >= 11 is 0. The highest BCUT2D eigenvalue weighted by atomic mass is 16.5. The predicted molar refractivity (Wildman–Crippen MR) is 128 cm³/mol. The minimum absolute atomic E-state index is 0.116. The zero-order chi connectivity index (χ0) is 22.3. The summed E-state index contributed by atoms with van der Waals surface area (Å²) in [7, 11) is 0. The molecule has 2 rings (SSSR count). The van der Waals surface area contributed by atoms with Crippen molar-refractivity contribution in [1.82, 2.24) is 0 Å².